The van der Waals surface area contributed by atoms with Crippen LogP contribution in [-0.2, 0) is 4.74 Å². The van der Waals surface area contributed by atoms with E-state index in [9.17, 15) is 20.1 Å². The normalized spacial score (nSPS) is 25.9. The molecule has 148 valence electrons. The minimum atomic E-state index is -1.40. The van der Waals surface area contributed by atoms with Crippen LogP contribution in [0, 0.1) is 0 Å². The van der Waals surface area contributed by atoms with Crippen LogP contribution in [0.25, 0.3) is 5.52 Å². The Morgan fingerprint density at radius 3 is 2.56 bits per heavy atom. The zero-order valence-electron chi connectivity index (χ0n) is 15.3. The van der Waals surface area contributed by atoms with Gasteiger partial charge < -0.3 is 31.5 Å². The highest BCUT2D eigenvalue weighted by molar-refractivity contribution is 5.82. The molecule has 1 aliphatic rings. The number of anilines is 2. The monoisotopic (exact) mass is 380 g/mol. The van der Waals surface area contributed by atoms with Crippen molar-refractivity contribution in [2.24, 2.45) is 0 Å². The van der Waals surface area contributed by atoms with Crippen LogP contribution in [0.15, 0.2) is 12.4 Å². The molecular formula is C16H24N6O5. The van der Waals surface area contributed by atoms with E-state index in [1.54, 1.807) is 20.8 Å². The van der Waals surface area contributed by atoms with Gasteiger partial charge in [0.05, 0.1) is 24.0 Å². The molecule has 27 heavy (non-hydrogen) atoms. The van der Waals surface area contributed by atoms with Crippen LogP contribution >= 0.6 is 0 Å². The number of carbonyl (C=O) groups excluding carboxylic acids is 1. The van der Waals surface area contributed by atoms with Crippen molar-refractivity contribution in [2.75, 3.05) is 18.1 Å². The lowest BCUT2D eigenvalue weighted by atomic mass is 10.1. The second-order valence-corrected chi connectivity index (χ2v) is 7.49. The fourth-order valence-corrected chi connectivity index (χ4v) is 3.36. The van der Waals surface area contributed by atoms with Gasteiger partial charge in [-0.3, -0.25) is 4.90 Å². The Labute approximate surface area is 155 Å². The zero-order chi connectivity index (χ0) is 20.1. The first kappa shape index (κ1) is 19.1. The third-order valence-electron chi connectivity index (χ3n) is 4.46. The van der Waals surface area contributed by atoms with Gasteiger partial charge in [-0.25, -0.2) is 14.3 Å². The summed E-state index contributed by atoms with van der Waals surface area (Å²) < 4.78 is 6.76. The number of nitrogens with two attached hydrogens (primary N) is 2. The molecule has 1 saturated heterocycles. The number of carbonyl (C=O) groups is 1. The van der Waals surface area contributed by atoms with E-state index in [-0.39, 0.29) is 11.5 Å². The molecule has 11 nitrogen and oxygen atoms in total. The first-order chi connectivity index (χ1) is 12.6. The van der Waals surface area contributed by atoms with E-state index in [0.717, 1.165) is 4.90 Å². The number of fused-ring (bicyclic) bond motifs is 1. The van der Waals surface area contributed by atoms with Crippen LogP contribution in [0.2, 0.25) is 0 Å². The molecule has 0 unspecified atom stereocenters. The van der Waals surface area contributed by atoms with E-state index in [0.29, 0.717) is 11.2 Å². The maximum absolute atomic E-state index is 12.8. The summed E-state index contributed by atoms with van der Waals surface area (Å²) in [6.07, 6.45) is -2.37. The second kappa shape index (κ2) is 6.51. The van der Waals surface area contributed by atoms with Crippen LogP contribution in [0.5, 0.6) is 0 Å². The maximum atomic E-state index is 12.8. The first-order valence-corrected chi connectivity index (χ1v) is 8.42. The number of ether oxygens (including phenoxy) is 1. The number of amides is 1. The van der Waals surface area contributed by atoms with Crippen LogP contribution in [-0.4, -0.2) is 71.4 Å². The summed E-state index contributed by atoms with van der Waals surface area (Å²) in [5, 5.41) is 34.8. The van der Waals surface area contributed by atoms with Crippen molar-refractivity contribution in [1.82, 2.24) is 19.5 Å². The standard InChI is InChI=1S/C16H24N6O5/c1-16(2,3)27-15(26)21-9(5-23)12(24)13(25)11(21)8-4-7(17)10-14(18)19-6-20-22(8)10/h4,6,9,11-13,23-25H,5,17H2,1-3H3,(H2,18,19,20)/t9-,11+,12-,13+/m1/s1. The average Bonchev–Trinajstić information content (AvgIpc) is 3.02. The van der Waals surface area contributed by atoms with Crippen molar-refractivity contribution in [3.05, 3.63) is 18.1 Å². The van der Waals surface area contributed by atoms with Crippen LogP contribution in [0.4, 0.5) is 16.3 Å². The van der Waals surface area contributed by atoms with Crippen LogP contribution in [0.3, 0.4) is 0 Å². The predicted molar refractivity (Wildman–Crippen MR) is 95.5 cm³/mol. The number of hydrogen-bond acceptors (Lipinski definition) is 9. The topological polar surface area (TPSA) is 172 Å². The lowest BCUT2D eigenvalue weighted by molar-refractivity contribution is -0.00116. The lowest BCUT2D eigenvalue weighted by Gasteiger charge is -2.32. The summed E-state index contributed by atoms with van der Waals surface area (Å²) in [5.74, 6) is 0.129. The molecule has 0 radical (unpaired) electrons. The second-order valence-electron chi connectivity index (χ2n) is 7.49. The summed E-state index contributed by atoms with van der Waals surface area (Å²) in [5.41, 5.74) is 11.9. The van der Waals surface area contributed by atoms with Gasteiger partial charge in [-0.15, -0.1) is 0 Å². The molecule has 0 saturated carbocycles. The molecule has 0 aromatic carbocycles. The summed E-state index contributed by atoms with van der Waals surface area (Å²) in [7, 11) is 0. The predicted octanol–water partition coefficient (Wildman–Crippen LogP) is -0.732. The van der Waals surface area contributed by atoms with Gasteiger partial charge in [0.15, 0.2) is 5.82 Å². The number of hydrogen-bond donors (Lipinski definition) is 5. The Kier molecular flexibility index (Phi) is 4.62. The maximum Gasteiger partial charge on any atom is 0.411 e. The van der Waals surface area contributed by atoms with Gasteiger partial charge in [0.2, 0.25) is 0 Å². The molecule has 1 fully saturated rings. The third-order valence-corrected chi connectivity index (χ3v) is 4.46. The summed E-state index contributed by atoms with van der Waals surface area (Å²) >= 11 is 0. The van der Waals surface area contributed by atoms with E-state index in [4.69, 9.17) is 16.2 Å². The smallest absolute Gasteiger partial charge is 0.411 e. The van der Waals surface area contributed by atoms with Gasteiger partial charge in [-0.2, -0.15) is 5.10 Å². The molecule has 3 rings (SSSR count). The fourth-order valence-electron chi connectivity index (χ4n) is 3.36. The Hall–Kier alpha value is -2.63. The van der Waals surface area contributed by atoms with Gasteiger partial charge in [-0.05, 0) is 26.8 Å². The van der Waals surface area contributed by atoms with Gasteiger partial charge in [0.25, 0.3) is 0 Å². The highest BCUT2D eigenvalue weighted by Crippen LogP contribution is 2.40. The van der Waals surface area contributed by atoms with Crippen molar-refractivity contribution >= 4 is 23.1 Å². The van der Waals surface area contributed by atoms with E-state index < -0.39 is 42.6 Å². The van der Waals surface area contributed by atoms with E-state index >= 15 is 0 Å². The van der Waals surface area contributed by atoms with Gasteiger partial charge in [0.1, 0.15) is 35.7 Å². The molecule has 3 heterocycles. The number of aromatic nitrogens is 3. The number of nitrogens with zero attached hydrogens (tertiary/aromatic N) is 4. The van der Waals surface area contributed by atoms with Crippen molar-refractivity contribution < 1.29 is 24.9 Å². The molecule has 11 heteroatoms. The van der Waals surface area contributed by atoms with Crippen molar-refractivity contribution in [2.45, 2.75) is 50.7 Å². The van der Waals surface area contributed by atoms with E-state index in [1.165, 1.54) is 16.9 Å². The quantitative estimate of drug-likeness (QED) is 0.450. The molecule has 0 aliphatic carbocycles. The van der Waals surface area contributed by atoms with E-state index in [2.05, 4.69) is 10.1 Å². The molecule has 4 atom stereocenters. The van der Waals surface area contributed by atoms with Gasteiger partial charge in [0, 0.05) is 0 Å². The van der Waals surface area contributed by atoms with Crippen LogP contribution < -0.4 is 11.5 Å². The summed E-state index contributed by atoms with van der Waals surface area (Å²) in [6.45, 7) is 4.50. The highest BCUT2D eigenvalue weighted by Gasteiger charge is 2.52. The summed E-state index contributed by atoms with van der Waals surface area (Å²) in [4.78, 5) is 17.8. The third kappa shape index (κ3) is 3.13. The number of aliphatic hydroxyl groups excluding tert-OH is 3. The first-order valence-electron chi connectivity index (χ1n) is 8.42. The number of likely N-dealkylation sites (tertiary alicyclic amines) is 1. The number of nitrogen functional groups attached to an aromatic ring is 2. The van der Waals surface area contributed by atoms with Gasteiger partial charge in [-0.1, -0.05) is 0 Å². The van der Waals surface area contributed by atoms with Crippen molar-refractivity contribution in [3.8, 4) is 0 Å². The molecule has 0 bridgehead atoms. The zero-order valence-corrected chi connectivity index (χ0v) is 15.3. The minimum absolute atomic E-state index is 0.129. The molecule has 2 aromatic rings. The Morgan fingerprint density at radius 2 is 1.96 bits per heavy atom. The molecule has 1 amide bonds. The minimum Gasteiger partial charge on any atom is -0.444 e. The highest BCUT2D eigenvalue weighted by atomic mass is 16.6. The van der Waals surface area contributed by atoms with Crippen molar-refractivity contribution in [3.63, 3.8) is 0 Å². The van der Waals surface area contributed by atoms with E-state index in [1.807, 2.05) is 0 Å². The fraction of sp³-hybridized carbons (Fsp3) is 0.562. The Morgan fingerprint density at radius 1 is 1.30 bits per heavy atom. The summed E-state index contributed by atoms with van der Waals surface area (Å²) in [6, 6.07) is -0.630. The SMILES string of the molecule is CC(C)(C)OC(=O)N1[C@H](CO)[C@@H](O)[C@@H](O)[C@@H]1c1cc(N)c2c(N)ncnn12. The lowest BCUT2D eigenvalue weighted by Crippen LogP contribution is -2.45. The molecular weight excluding hydrogens is 356 g/mol. The molecule has 2 aromatic heterocycles. The van der Waals surface area contributed by atoms with Crippen molar-refractivity contribution in [1.29, 1.82) is 0 Å². The van der Waals surface area contributed by atoms with Gasteiger partial charge >= 0.3 is 6.09 Å². The largest absolute Gasteiger partial charge is 0.444 e. The van der Waals surface area contributed by atoms with Crippen LogP contribution in [0.1, 0.15) is 32.5 Å². The molecule has 0 spiro atoms. The Balaban J connectivity index is 2.14. The molecule has 7 N–H and O–H groups in total. The molecule has 1 aliphatic heterocycles. The average molecular weight is 380 g/mol. The Bertz CT molecular complexity index is 863. The number of rotatable bonds is 2. The number of aliphatic hydroxyl groups is 3.